The first-order valence-electron chi connectivity index (χ1n) is 6.99. The molecule has 0 spiro atoms. The van der Waals surface area contributed by atoms with Crippen molar-refractivity contribution in [1.29, 1.82) is 0 Å². The monoisotopic (exact) mass is 351 g/mol. The van der Waals surface area contributed by atoms with Gasteiger partial charge in [-0.3, -0.25) is 4.79 Å². The molecule has 1 atom stereocenters. The molecule has 0 saturated carbocycles. The topological polar surface area (TPSA) is 47.6 Å². The van der Waals surface area contributed by atoms with Gasteiger partial charge in [0.1, 0.15) is 0 Å². The Balaban J connectivity index is 2.05. The summed E-state index contributed by atoms with van der Waals surface area (Å²) in [6.07, 6.45) is 0. The predicted octanol–water partition coefficient (Wildman–Crippen LogP) is 4.48. The van der Waals surface area contributed by atoms with Gasteiger partial charge in [0.25, 0.3) is 0 Å². The van der Waals surface area contributed by atoms with Crippen LogP contribution in [-0.4, -0.2) is 25.4 Å². The second kappa shape index (κ2) is 8.13. The Morgan fingerprint density at radius 2 is 1.83 bits per heavy atom. The summed E-state index contributed by atoms with van der Waals surface area (Å²) < 4.78 is 10.5. The summed E-state index contributed by atoms with van der Waals surface area (Å²) in [4.78, 5) is 13.2. The fourth-order valence-electron chi connectivity index (χ4n) is 1.94. The van der Waals surface area contributed by atoms with Crippen LogP contribution >= 0.6 is 23.4 Å². The minimum atomic E-state index is -0.288. The Bertz CT molecular complexity index is 693. The molecule has 0 heterocycles. The van der Waals surface area contributed by atoms with Gasteiger partial charge in [0.05, 0.1) is 30.2 Å². The molecule has 23 heavy (non-hydrogen) atoms. The highest BCUT2D eigenvalue weighted by Gasteiger charge is 2.16. The van der Waals surface area contributed by atoms with Crippen LogP contribution in [0.15, 0.2) is 47.4 Å². The van der Waals surface area contributed by atoms with Crippen molar-refractivity contribution < 1.29 is 14.3 Å². The molecule has 122 valence electrons. The SMILES string of the molecule is COc1ccc(S[C@@H](C)C(=O)Nc2ccccc2Cl)cc1OC. The minimum absolute atomic E-state index is 0.113. The maximum atomic E-state index is 12.3. The Labute approximate surface area is 145 Å². The molecule has 0 aliphatic heterocycles. The summed E-state index contributed by atoms with van der Waals surface area (Å²) in [6, 6.07) is 12.7. The van der Waals surface area contributed by atoms with Gasteiger partial charge in [0.2, 0.25) is 5.91 Å². The van der Waals surface area contributed by atoms with E-state index in [2.05, 4.69) is 5.32 Å². The lowest BCUT2D eigenvalue weighted by molar-refractivity contribution is -0.115. The van der Waals surface area contributed by atoms with E-state index < -0.39 is 0 Å². The third-order valence-electron chi connectivity index (χ3n) is 3.17. The minimum Gasteiger partial charge on any atom is -0.493 e. The number of para-hydroxylation sites is 1. The Morgan fingerprint density at radius 3 is 2.48 bits per heavy atom. The molecule has 0 aliphatic rings. The number of benzene rings is 2. The number of halogens is 1. The predicted molar refractivity (Wildman–Crippen MR) is 94.9 cm³/mol. The zero-order valence-electron chi connectivity index (χ0n) is 13.1. The van der Waals surface area contributed by atoms with Crippen LogP contribution in [-0.2, 0) is 4.79 Å². The molecule has 0 bridgehead atoms. The number of hydrogen-bond donors (Lipinski definition) is 1. The molecule has 6 heteroatoms. The number of amides is 1. The summed E-state index contributed by atoms with van der Waals surface area (Å²) in [5.41, 5.74) is 0.610. The van der Waals surface area contributed by atoms with E-state index in [1.165, 1.54) is 11.8 Å². The van der Waals surface area contributed by atoms with Crippen molar-refractivity contribution in [3.63, 3.8) is 0 Å². The van der Waals surface area contributed by atoms with Crippen LogP contribution in [0, 0.1) is 0 Å². The number of hydrogen-bond acceptors (Lipinski definition) is 4. The molecule has 0 fully saturated rings. The standard InChI is InChI=1S/C17H18ClNO3S/c1-11(17(20)19-14-7-5-4-6-13(14)18)23-12-8-9-15(21-2)16(10-12)22-3/h4-11H,1-3H3,(H,19,20)/t11-/m0/s1. The van der Waals surface area contributed by atoms with Gasteiger partial charge in [0.15, 0.2) is 11.5 Å². The second-order valence-corrected chi connectivity index (χ2v) is 6.57. The number of methoxy groups -OCH3 is 2. The molecule has 2 aromatic carbocycles. The molecule has 1 amide bonds. The van der Waals surface area contributed by atoms with Crippen LogP contribution in [0.2, 0.25) is 5.02 Å². The highest BCUT2D eigenvalue weighted by Crippen LogP contribution is 2.34. The van der Waals surface area contributed by atoms with Gasteiger partial charge >= 0.3 is 0 Å². The number of anilines is 1. The van der Waals surface area contributed by atoms with Crippen molar-refractivity contribution >= 4 is 35.0 Å². The lowest BCUT2D eigenvalue weighted by Crippen LogP contribution is -2.22. The van der Waals surface area contributed by atoms with Crippen molar-refractivity contribution in [3.8, 4) is 11.5 Å². The van der Waals surface area contributed by atoms with Gasteiger partial charge in [-0.25, -0.2) is 0 Å². The van der Waals surface area contributed by atoms with Crippen molar-refractivity contribution in [2.24, 2.45) is 0 Å². The van der Waals surface area contributed by atoms with Crippen molar-refractivity contribution in [2.45, 2.75) is 17.1 Å². The van der Waals surface area contributed by atoms with Crippen LogP contribution in [0.4, 0.5) is 5.69 Å². The van der Waals surface area contributed by atoms with Crippen LogP contribution < -0.4 is 14.8 Å². The third kappa shape index (κ3) is 4.56. The number of rotatable bonds is 6. The molecule has 2 aromatic rings. The zero-order valence-corrected chi connectivity index (χ0v) is 14.7. The molecule has 0 aromatic heterocycles. The number of carbonyl (C=O) groups excluding carboxylic acids is 1. The maximum absolute atomic E-state index is 12.3. The smallest absolute Gasteiger partial charge is 0.237 e. The first kappa shape index (κ1) is 17.5. The highest BCUT2D eigenvalue weighted by molar-refractivity contribution is 8.00. The Hall–Kier alpha value is -1.85. The molecular weight excluding hydrogens is 334 g/mol. The average Bonchev–Trinajstić information content (AvgIpc) is 2.56. The van der Waals surface area contributed by atoms with E-state index in [1.807, 2.05) is 37.3 Å². The van der Waals surface area contributed by atoms with Crippen molar-refractivity contribution in [1.82, 2.24) is 0 Å². The van der Waals surface area contributed by atoms with Gasteiger partial charge in [-0.05, 0) is 37.3 Å². The van der Waals surface area contributed by atoms with E-state index >= 15 is 0 Å². The average molecular weight is 352 g/mol. The quantitative estimate of drug-likeness (QED) is 0.780. The van der Waals surface area contributed by atoms with E-state index in [4.69, 9.17) is 21.1 Å². The van der Waals surface area contributed by atoms with Gasteiger partial charge in [0, 0.05) is 4.90 Å². The summed E-state index contributed by atoms with van der Waals surface area (Å²) >= 11 is 7.49. The van der Waals surface area contributed by atoms with Crippen LogP contribution in [0.3, 0.4) is 0 Å². The van der Waals surface area contributed by atoms with Crippen LogP contribution in [0.5, 0.6) is 11.5 Å². The molecule has 0 radical (unpaired) electrons. The highest BCUT2D eigenvalue weighted by atomic mass is 35.5. The maximum Gasteiger partial charge on any atom is 0.237 e. The van der Waals surface area contributed by atoms with E-state index in [0.29, 0.717) is 22.2 Å². The molecular formula is C17H18ClNO3S. The largest absolute Gasteiger partial charge is 0.493 e. The van der Waals surface area contributed by atoms with Crippen LogP contribution in [0.25, 0.3) is 0 Å². The van der Waals surface area contributed by atoms with E-state index in [0.717, 1.165) is 4.90 Å². The van der Waals surface area contributed by atoms with Gasteiger partial charge in [-0.15, -0.1) is 11.8 Å². The molecule has 4 nitrogen and oxygen atoms in total. The first-order chi connectivity index (χ1) is 11.0. The second-order valence-electron chi connectivity index (χ2n) is 4.75. The van der Waals surface area contributed by atoms with E-state index in [-0.39, 0.29) is 11.2 Å². The Morgan fingerprint density at radius 1 is 1.13 bits per heavy atom. The molecule has 0 saturated heterocycles. The van der Waals surface area contributed by atoms with Crippen molar-refractivity contribution in [2.75, 3.05) is 19.5 Å². The van der Waals surface area contributed by atoms with Gasteiger partial charge in [-0.1, -0.05) is 23.7 Å². The summed E-state index contributed by atoms with van der Waals surface area (Å²) in [6.45, 7) is 1.84. The van der Waals surface area contributed by atoms with Crippen molar-refractivity contribution in [3.05, 3.63) is 47.5 Å². The number of thioether (sulfide) groups is 1. The summed E-state index contributed by atoms with van der Waals surface area (Å²) in [5.74, 6) is 1.18. The number of ether oxygens (including phenoxy) is 2. The molecule has 2 rings (SSSR count). The van der Waals surface area contributed by atoms with E-state index in [9.17, 15) is 4.79 Å². The van der Waals surface area contributed by atoms with Gasteiger partial charge in [-0.2, -0.15) is 0 Å². The zero-order chi connectivity index (χ0) is 16.8. The summed E-state index contributed by atoms with van der Waals surface area (Å²) in [5, 5.41) is 3.06. The lowest BCUT2D eigenvalue weighted by atomic mass is 10.3. The van der Waals surface area contributed by atoms with Gasteiger partial charge < -0.3 is 14.8 Å². The fourth-order valence-corrected chi connectivity index (χ4v) is 3.02. The molecule has 0 unspecified atom stereocenters. The first-order valence-corrected chi connectivity index (χ1v) is 8.25. The van der Waals surface area contributed by atoms with Crippen LogP contribution in [0.1, 0.15) is 6.92 Å². The Kier molecular flexibility index (Phi) is 6.19. The molecule has 0 aliphatic carbocycles. The third-order valence-corrected chi connectivity index (χ3v) is 4.59. The number of nitrogens with one attached hydrogen (secondary N) is 1. The van der Waals surface area contributed by atoms with E-state index in [1.54, 1.807) is 26.4 Å². The fraction of sp³-hybridized carbons (Fsp3) is 0.235. The number of carbonyl (C=O) groups is 1. The lowest BCUT2D eigenvalue weighted by Gasteiger charge is -2.14. The normalized spacial score (nSPS) is 11.7. The molecule has 1 N–H and O–H groups in total. The summed E-state index contributed by atoms with van der Waals surface area (Å²) in [7, 11) is 3.17.